The summed E-state index contributed by atoms with van der Waals surface area (Å²) < 4.78 is 0. The molecule has 20 heavy (non-hydrogen) atoms. The first-order valence-corrected chi connectivity index (χ1v) is 7.31. The van der Waals surface area contributed by atoms with Gasteiger partial charge in [-0.2, -0.15) is 0 Å². The van der Waals surface area contributed by atoms with Crippen LogP contribution in [0.15, 0.2) is 49.1 Å². The highest BCUT2D eigenvalue weighted by molar-refractivity contribution is 5.28. The Labute approximate surface area is 125 Å². The van der Waals surface area contributed by atoms with Crippen LogP contribution in [0, 0.1) is 6.92 Å². The van der Waals surface area contributed by atoms with Crippen molar-refractivity contribution in [1.29, 1.82) is 0 Å². The molecule has 0 bridgehead atoms. The standard InChI is InChI=1S/C7H8.C4H5N3.3C2H6/c1-7-5-3-2-4-6-7;5-4-1-6-3-7-2-4;3*1-2/h2-6H,1H3;1-3H,5H2;3*1-2H3. The van der Waals surface area contributed by atoms with E-state index >= 15 is 0 Å². The first-order chi connectivity index (χ1) is 9.79. The number of nitrogens with two attached hydrogens (primary N) is 1. The molecule has 3 nitrogen and oxygen atoms in total. The van der Waals surface area contributed by atoms with Crippen LogP contribution in [0.3, 0.4) is 0 Å². The lowest BCUT2D eigenvalue weighted by Gasteiger charge is -1.82. The van der Waals surface area contributed by atoms with Gasteiger partial charge in [-0.3, -0.25) is 0 Å². The molecule has 2 aromatic rings. The highest BCUT2D eigenvalue weighted by Gasteiger charge is 1.74. The van der Waals surface area contributed by atoms with E-state index < -0.39 is 0 Å². The van der Waals surface area contributed by atoms with Gasteiger partial charge < -0.3 is 5.73 Å². The van der Waals surface area contributed by atoms with E-state index in [9.17, 15) is 0 Å². The molecule has 0 saturated carbocycles. The molecule has 2 rings (SSSR count). The van der Waals surface area contributed by atoms with Gasteiger partial charge in [0.05, 0.1) is 18.1 Å². The molecule has 1 aromatic carbocycles. The molecule has 0 aliphatic rings. The minimum atomic E-state index is 0.600. The van der Waals surface area contributed by atoms with Crippen molar-refractivity contribution in [1.82, 2.24) is 9.97 Å². The van der Waals surface area contributed by atoms with Gasteiger partial charge in [0.1, 0.15) is 6.33 Å². The molecule has 114 valence electrons. The molecule has 0 aliphatic carbocycles. The number of hydrogen-bond acceptors (Lipinski definition) is 3. The van der Waals surface area contributed by atoms with Crippen LogP contribution in [0.5, 0.6) is 0 Å². The van der Waals surface area contributed by atoms with Crippen molar-refractivity contribution < 1.29 is 0 Å². The summed E-state index contributed by atoms with van der Waals surface area (Å²) in [5, 5.41) is 0. The molecule has 0 amide bonds. The number of aromatic nitrogens is 2. The Morgan fingerprint density at radius 1 is 0.750 bits per heavy atom. The van der Waals surface area contributed by atoms with E-state index in [1.165, 1.54) is 11.9 Å². The quantitative estimate of drug-likeness (QED) is 0.726. The summed E-state index contributed by atoms with van der Waals surface area (Å²) in [7, 11) is 0. The minimum Gasteiger partial charge on any atom is -0.396 e. The van der Waals surface area contributed by atoms with Gasteiger partial charge in [0, 0.05) is 0 Å². The van der Waals surface area contributed by atoms with Crippen molar-refractivity contribution in [2.45, 2.75) is 48.5 Å². The molecule has 3 heteroatoms. The second-order valence-electron chi connectivity index (χ2n) is 2.83. The van der Waals surface area contributed by atoms with E-state index in [1.54, 1.807) is 12.4 Å². The third kappa shape index (κ3) is 18.5. The van der Waals surface area contributed by atoms with Crippen LogP contribution in [0.2, 0.25) is 0 Å². The number of benzene rings is 1. The van der Waals surface area contributed by atoms with Gasteiger partial charge in [-0.15, -0.1) is 0 Å². The van der Waals surface area contributed by atoms with E-state index in [-0.39, 0.29) is 0 Å². The zero-order valence-electron chi connectivity index (χ0n) is 14.1. The summed E-state index contributed by atoms with van der Waals surface area (Å²) in [6, 6.07) is 10.3. The van der Waals surface area contributed by atoms with Gasteiger partial charge >= 0.3 is 0 Å². The predicted octanol–water partition coefficient (Wildman–Crippen LogP) is 5.13. The van der Waals surface area contributed by atoms with E-state index in [2.05, 4.69) is 29.0 Å². The Morgan fingerprint density at radius 3 is 1.35 bits per heavy atom. The molecule has 1 heterocycles. The summed E-state index contributed by atoms with van der Waals surface area (Å²) in [5.74, 6) is 0. The fourth-order valence-electron chi connectivity index (χ4n) is 0.845. The first kappa shape index (κ1) is 23.2. The van der Waals surface area contributed by atoms with Gasteiger partial charge in [0.2, 0.25) is 0 Å². The Kier molecular flexibility index (Phi) is 25.9. The molecule has 0 unspecified atom stereocenters. The SMILES string of the molecule is CC.CC.CC.Cc1ccccc1.Nc1cncnc1. The monoisotopic (exact) mass is 277 g/mol. The number of nitrogen functional groups attached to an aromatic ring is 1. The average molecular weight is 277 g/mol. The smallest absolute Gasteiger partial charge is 0.115 e. The van der Waals surface area contributed by atoms with Gasteiger partial charge in [-0.1, -0.05) is 77.4 Å². The molecule has 1 aromatic heterocycles. The zero-order chi connectivity index (χ0) is 16.2. The van der Waals surface area contributed by atoms with Crippen LogP contribution < -0.4 is 5.73 Å². The molecule has 0 fully saturated rings. The molecule has 0 saturated heterocycles. The van der Waals surface area contributed by atoms with Crippen molar-refractivity contribution >= 4 is 5.69 Å². The van der Waals surface area contributed by atoms with E-state index in [4.69, 9.17) is 5.73 Å². The van der Waals surface area contributed by atoms with Crippen LogP contribution >= 0.6 is 0 Å². The van der Waals surface area contributed by atoms with Gasteiger partial charge in [0.25, 0.3) is 0 Å². The summed E-state index contributed by atoms with van der Waals surface area (Å²) in [5.41, 5.74) is 7.15. The fraction of sp³-hybridized carbons (Fsp3) is 0.412. The Morgan fingerprint density at radius 2 is 1.15 bits per heavy atom. The number of hydrogen-bond donors (Lipinski definition) is 1. The zero-order valence-corrected chi connectivity index (χ0v) is 14.1. The van der Waals surface area contributed by atoms with Crippen molar-refractivity contribution in [3.63, 3.8) is 0 Å². The van der Waals surface area contributed by atoms with Crippen LogP contribution in [0.1, 0.15) is 47.1 Å². The van der Waals surface area contributed by atoms with Crippen LogP contribution in [-0.2, 0) is 0 Å². The molecule has 2 N–H and O–H groups in total. The topological polar surface area (TPSA) is 51.8 Å². The van der Waals surface area contributed by atoms with Gasteiger partial charge in [-0.05, 0) is 6.92 Å². The molecule has 0 radical (unpaired) electrons. The van der Waals surface area contributed by atoms with Gasteiger partial charge in [-0.25, -0.2) is 9.97 Å². The molecule has 0 aliphatic heterocycles. The molecular weight excluding hydrogens is 246 g/mol. The highest BCUT2D eigenvalue weighted by atomic mass is 14.8. The van der Waals surface area contributed by atoms with E-state index in [1.807, 2.05) is 59.7 Å². The summed E-state index contributed by atoms with van der Waals surface area (Å²) >= 11 is 0. The number of aryl methyl sites for hydroxylation is 1. The largest absolute Gasteiger partial charge is 0.396 e. The first-order valence-electron chi connectivity index (χ1n) is 7.31. The predicted molar refractivity (Wildman–Crippen MR) is 91.7 cm³/mol. The Balaban J connectivity index is -0.000000211. The van der Waals surface area contributed by atoms with Crippen LogP contribution in [0.25, 0.3) is 0 Å². The van der Waals surface area contributed by atoms with Crippen molar-refractivity contribution in [2.24, 2.45) is 0 Å². The number of anilines is 1. The Bertz CT molecular complexity index is 310. The molecule has 0 atom stereocenters. The fourth-order valence-corrected chi connectivity index (χ4v) is 0.845. The van der Waals surface area contributed by atoms with E-state index in [0.29, 0.717) is 5.69 Å². The average Bonchev–Trinajstić information content (AvgIpc) is 2.55. The molecule has 0 spiro atoms. The summed E-state index contributed by atoms with van der Waals surface area (Å²) in [6.45, 7) is 14.1. The highest BCUT2D eigenvalue weighted by Crippen LogP contribution is 1.92. The number of nitrogens with zero attached hydrogens (tertiary/aromatic N) is 2. The minimum absolute atomic E-state index is 0.600. The maximum absolute atomic E-state index is 5.23. The third-order valence-corrected chi connectivity index (χ3v) is 1.52. The van der Waals surface area contributed by atoms with E-state index in [0.717, 1.165) is 0 Å². The molecular formula is C17H31N3. The maximum atomic E-state index is 5.23. The van der Waals surface area contributed by atoms with Crippen molar-refractivity contribution in [3.05, 3.63) is 54.6 Å². The lowest BCUT2D eigenvalue weighted by Crippen LogP contribution is -1.85. The van der Waals surface area contributed by atoms with Crippen LogP contribution in [-0.4, -0.2) is 9.97 Å². The van der Waals surface area contributed by atoms with Gasteiger partial charge in [0.15, 0.2) is 0 Å². The second kappa shape index (κ2) is 22.3. The lowest BCUT2D eigenvalue weighted by atomic mass is 10.2. The maximum Gasteiger partial charge on any atom is 0.115 e. The van der Waals surface area contributed by atoms with Crippen LogP contribution in [0.4, 0.5) is 5.69 Å². The van der Waals surface area contributed by atoms with Crippen molar-refractivity contribution in [2.75, 3.05) is 5.73 Å². The lowest BCUT2D eigenvalue weighted by molar-refractivity contribution is 1.17. The Hall–Kier alpha value is -1.90. The summed E-state index contributed by atoms with van der Waals surface area (Å²) in [6.07, 6.45) is 4.54. The third-order valence-electron chi connectivity index (χ3n) is 1.52. The summed E-state index contributed by atoms with van der Waals surface area (Å²) in [4.78, 5) is 7.30. The number of rotatable bonds is 0. The van der Waals surface area contributed by atoms with Crippen molar-refractivity contribution in [3.8, 4) is 0 Å². The normalized spacial score (nSPS) is 6.95. The second-order valence-corrected chi connectivity index (χ2v) is 2.83.